The first kappa shape index (κ1) is 35.2. The van der Waals surface area contributed by atoms with Gasteiger partial charge in [-0.1, -0.05) is 92.8 Å². The Kier molecular flexibility index (Phi) is 11.0. The third-order valence-electron chi connectivity index (χ3n) is 9.69. The number of nitrogens with zero attached hydrogens (tertiary/aromatic N) is 4. The van der Waals surface area contributed by atoms with Crippen molar-refractivity contribution in [3.05, 3.63) is 162 Å². The molecule has 0 spiro atoms. The first-order valence-electron chi connectivity index (χ1n) is 18.3. The Bertz CT molecular complexity index is 2250. The average Bonchev–Trinajstić information content (AvgIpc) is 3.78. The van der Waals surface area contributed by atoms with Crippen LogP contribution in [0.25, 0.3) is 50.7 Å². The van der Waals surface area contributed by atoms with Gasteiger partial charge in [0.25, 0.3) is 0 Å². The fourth-order valence-corrected chi connectivity index (χ4v) is 7.13. The highest BCUT2D eigenvalue weighted by atomic mass is 15.1. The number of pyridine rings is 1. The highest BCUT2D eigenvalue weighted by Gasteiger charge is 2.21. The van der Waals surface area contributed by atoms with Gasteiger partial charge in [-0.25, -0.2) is 4.98 Å². The van der Waals surface area contributed by atoms with Crippen LogP contribution in [0.2, 0.25) is 0 Å². The fraction of sp³-hybridized carbons (Fsp3) is 0.213. The molecule has 0 amide bonds. The Balaban J connectivity index is 0.000000853. The van der Waals surface area contributed by atoms with Crippen LogP contribution in [0.4, 0.5) is 5.69 Å². The number of allylic oxidation sites excluding steroid dienone is 8. The third-order valence-corrected chi connectivity index (χ3v) is 9.69. The van der Waals surface area contributed by atoms with E-state index in [1.807, 2.05) is 45.2 Å². The highest BCUT2D eigenvalue weighted by Crippen LogP contribution is 2.39. The van der Waals surface area contributed by atoms with E-state index in [4.69, 9.17) is 4.98 Å². The van der Waals surface area contributed by atoms with Gasteiger partial charge in [0, 0.05) is 53.2 Å². The molecule has 6 aromatic rings. The fourth-order valence-electron chi connectivity index (χ4n) is 7.13. The standard InChI is InChI=1S/C42H38N4.C3H6.C2H6/c1-4-29(2)35-13-5-8-16-39(35)44(3)33-25-32(30-20-22-31(23-21-30)38-28-45-24-12-11-19-42(45)43-38)26-34(27-33)46-40-17-9-6-14-36(40)37-15-7-10-18-41(37)46;1-3-2;1-2/h4-6,9-14,17-28H,7-8,15-16H2,1-3H3;3H,1H2,2H3;1-2H3/b29-4+;;. The SMILES string of the molecule is C/C=C(\C)C1=C(N(C)c2cc(-c3ccc(-c4cn5ccccc5n4)cc3)cc(-n3c4c(c5ccccc53)CCC=C4)c2)CCC=C1.C=CC.CC. The Hall–Kier alpha value is -5.61. The molecule has 0 saturated heterocycles. The van der Waals surface area contributed by atoms with Crippen molar-refractivity contribution in [1.29, 1.82) is 0 Å². The van der Waals surface area contributed by atoms with Crippen molar-refractivity contribution in [2.75, 3.05) is 11.9 Å². The number of hydrogen-bond acceptors (Lipinski definition) is 2. The number of benzene rings is 3. The molecule has 3 heterocycles. The van der Waals surface area contributed by atoms with Gasteiger partial charge in [0.1, 0.15) is 5.65 Å². The van der Waals surface area contributed by atoms with Crippen LogP contribution < -0.4 is 4.90 Å². The molecule has 0 aliphatic heterocycles. The van der Waals surface area contributed by atoms with Crippen molar-refractivity contribution >= 4 is 28.3 Å². The summed E-state index contributed by atoms with van der Waals surface area (Å²) in [4.78, 5) is 7.27. The monoisotopic (exact) mass is 670 g/mol. The molecule has 0 saturated carbocycles. The Morgan fingerprint density at radius 1 is 0.824 bits per heavy atom. The van der Waals surface area contributed by atoms with Crippen molar-refractivity contribution in [2.45, 2.75) is 60.3 Å². The summed E-state index contributed by atoms with van der Waals surface area (Å²) in [5.74, 6) is 0. The summed E-state index contributed by atoms with van der Waals surface area (Å²) in [5.41, 5.74) is 15.8. The molecule has 3 aromatic carbocycles. The van der Waals surface area contributed by atoms with Crippen molar-refractivity contribution in [3.8, 4) is 28.1 Å². The summed E-state index contributed by atoms with van der Waals surface area (Å²) in [6, 6.07) is 30.9. The number of imidazole rings is 1. The molecule has 3 aromatic heterocycles. The molecule has 4 nitrogen and oxygen atoms in total. The first-order chi connectivity index (χ1) is 25.0. The Morgan fingerprint density at radius 2 is 1.53 bits per heavy atom. The van der Waals surface area contributed by atoms with Gasteiger partial charge in [0.15, 0.2) is 0 Å². The van der Waals surface area contributed by atoms with Crippen molar-refractivity contribution < 1.29 is 0 Å². The molecule has 0 unspecified atom stereocenters. The lowest BCUT2D eigenvalue weighted by Gasteiger charge is -2.29. The van der Waals surface area contributed by atoms with E-state index < -0.39 is 0 Å². The van der Waals surface area contributed by atoms with Gasteiger partial charge >= 0.3 is 0 Å². The molecule has 0 N–H and O–H groups in total. The number of aryl methyl sites for hydroxylation is 1. The zero-order valence-electron chi connectivity index (χ0n) is 31.0. The molecule has 0 fully saturated rings. The maximum Gasteiger partial charge on any atom is 0.137 e. The van der Waals surface area contributed by atoms with E-state index in [-0.39, 0.29) is 0 Å². The predicted molar refractivity (Wildman–Crippen MR) is 221 cm³/mol. The normalized spacial score (nSPS) is 13.7. The molecule has 0 radical (unpaired) electrons. The van der Waals surface area contributed by atoms with Gasteiger partial charge < -0.3 is 13.9 Å². The second-order valence-electron chi connectivity index (χ2n) is 12.8. The maximum atomic E-state index is 4.85. The lowest BCUT2D eigenvalue weighted by molar-refractivity contribution is 0.878. The van der Waals surface area contributed by atoms with Crippen LogP contribution in [0.3, 0.4) is 0 Å². The molecule has 51 heavy (non-hydrogen) atoms. The van der Waals surface area contributed by atoms with Crippen molar-refractivity contribution in [3.63, 3.8) is 0 Å². The number of hydrogen-bond donors (Lipinski definition) is 0. The molecule has 4 heteroatoms. The smallest absolute Gasteiger partial charge is 0.137 e. The molecule has 2 aliphatic carbocycles. The second kappa shape index (κ2) is 15.9. The van der Waals surface area contributed by atoms with Gasteiger partial charge in [0.2, 0.25) is 0 Å². The van der Waals surface area contributed by atoms with E-state index in [0.717, 1.165) is 42.6 Å². The molecule has 0 bridgehead atoms. The number of fused-ring (bicyclic) bond motifs is 4. The number of rotatable bonds is 6. The zero-order valence-corrected chi connectivity index (χ0v) is 31.0. The minimum atomic E-state index is 0.956. The Morgan fingerprint density at radius 3 is 2.29 bits per heavy atom. The van der Waals surface area contributed by atoms with Gasteiger partial charge in [-0.05, 0) is 117 Å². The zero-order chi connectivity index (χ0) is 35.9. The van der Waals surface area contributed by atoms with Crippen LogP contribution >= 0.6 is 0 Å². The quantitative estimate of drug-likeness (QED) is 0.165. The van der Waals surface area contributed by atoms with E-state index in [9.17, 15) is 0 Å². The minimum absolute atomic E-state index is 0.956. The average molecular weight is 671 g/mol. The number of para-hydroxylation sites is 1. The summed E-state index contributed by atoms with van der Waals surface area (Å²) in [6.45, 7) is 13.6. The van der Waals surface area contributed by atoms with Gasteiger partial charge in [-0.15, -0.1) is 6.58 Å². The molecule has 0 atom stereocenters. The lowest BCUT2D eigenvalue weighted by atomic mass is 9.95. The molecule has 2 aliphatic rings. The highest BCUT2D eigenvalue weighted by molar-refractivity contribution is 5.91. The summed E-state index contributed by atoms with van der Waals surface area (Å²) in [7, 11) is 2.23. The lowest BCUT2D eigenvalue weighted by Crippen LogP contribution is -2.20. The second-order valence-corrected chi connectivity index (χ2v) is 12.8. The molecular formula is C47H50N4. The topological polar surface area (TPSA) is 25.5 Å². The van der Waals surface area contributed by atoms with E-state index in [1.165, 1.54) is 61.5 Å². The van der Waals surface area contributed by atoms with E-state index in [2.05, 4.69) is 145 Å². The summed E-state index contributed by atoms with van der Waals surface area (Å²) < 4.78 is 4.55. The first-order valence-corrected chi connectivity index (χ1v) is 18.3. The van der Waals surface area contributed by atoms with Crippen molar-refractivity contribution in [1.82, 2.24) is 14.0 Å². The molecular weight excluding hydrogens is 621 g/mol. The van der Waals surface area contributed by atoms with E-state index in [0.29, 0.717) is 0 Å². The third kappa shape index (κ3) is 7.05. The van der Waals surface area contributed by atoms with E-state index >= 15 is 0 Å². The molecule has 258 valence electrons. The van der Waals surface area contributed by atoms with Crippen LogP contribution in [-0.2, 0) is 6.42 Å². The maximum absolute atomic E-state index is 4.85. The van der Waals surface area contributed by atoms with Crippen LogP contribution in [0.15, 0.2) is 151 Å². The van der Waals surface area contributed by atoms with Gasteiger partial charge in [0.05, 0.1) is 11.2 Å². The van der Waals surface area contributed by atoms with Crippen LogP contribution in [0.5, 0.6) is 0 Å². The van der Waals surface area contributed by atoms with Crippen LogP contribution in [-0.4, -0.2) is 21.0 Å². The number of anilines is 1. The van der Waals surface area contributed by atoms with Crippen LogP contribution in [0, 0.1) is 0 Å². The predicted octanol–water partition coefficient (Wildman–Crippen LogP) is 12.8. The largest absolute Gasteiger partial charge is 0.347 e. The number of aromatic nitrogens is 3. The Labute approximate surface area is 304 Å². The van der Waals surface area contributed by atoms with Gasteiger partial charge in [-0.3, -0.25) is 0 Å². The van der Waals surface area contributed by atoms with Crippen LogP contribution in [0.1, 0.15) is 65.1 Å². The minimum Gasteiger partial charge on any atom is -0.347 e. The summed E-state index contributed by atoms with van der Waals surface area (Å²) in [6.07, 6.45) is 21.6. The summed E-state index contributed by atoms with van der Waals surface area (Å²) >= 11 is 0. The summed E-state index contributed by atoms with van der Waals surface area (Å²) in [5, 5.41) is 1.35. The molecule has 8 rings (SSSR count). The van der Waals surface area contributed by atoms with Gasteiger partial charge in [-0.2, -0.15) is 0 Å². The van der Waals surface area contributed by atoms with Crippen molar-refractivity contribution in [2.24, 2.45) is 0 Å². The van der Waals surface area contributed by atoms with E-state index in [1.54, 1.807) is 6.08 Å².